The van der Waals surface area contributed by atoms with Crippen LogP contribution >= 0.6 is 0 Å². The Morgan fingerprint density at radius 3 is 2.53 bits per heavy atom. The Morgan fingerprint density at radius 2 is 1.93 bits per heavy atom. The minimum absolute atomic E-state index is 0.0194. The summed E-state index contributed by atoms with van der Waals surface area (Å²) >= 11 is 0. The van der Waals surface area contributed by atoms with Crippen LogP contribution in [0, 0.1) is 11.3 Å². The van der Waals surface area contributed by atoms with Crippen molar-refractivity contribution in [2.75, 3.05) is 30.3 Å². The number of hydrogen-bond acceptors (Lipinski definition) is 5. The van der Waals surface area contributed by atoms with E-state index in [0.29, 0.717) is 6.42 Å². The average molecular weight is 252 g/mol. The summed E-state index contributed by atoms with van der Waals surface area (Å²) in [6.45, 7) is 0.148. The lowest BCUT2D eigenvalue weighted by molar-refractivity contribution is 0.437. The van der Waals surface area contributed by atoms with E-state index in [1.54, 1.807) is 6.07 Å². The van der Waals surface area contributed by atoms with Crippen molar-refractivity contribution in [2.24, 2.45) is 0 Å². The van der Waals surface area contributed by atoms with Gasteiger partial charge < -0.3 is 0 Å². The third kappa shape index (κ3) is 3.44. The van der Waals surface area contributed by atoms with Crippen molar-refractivity contribution in [3.8, 4) is 6.07 Å². The van der Waals surface area contributed by atoms with Crippen LogP contribution in [0.3, 0.4) is 0 Å². The van der Waals surface area contributed by atoms with E-state index in [9.17, 15) is 16.8 Å². The Labute approximate surface area is 89.5 Å². The number of rotatable bonds is 2. The van der Waals surface area contributed by atoms with Crippen LogP contribution in [0.15, 0.2) is 0 Å². The molecule has 1 rings (SSSR count). The molecule has 0 aromatic rings. The molecule has 15 heavy (non-hydrogen) atoms. The maximum atomic E-state index is 11.5. The minimum atomic E-state index is -3.60. The summed E-state index contributed by atoms with van der Waals surface area (Å²) in [5, 5.41) is 8.33. The van der Waals surface area contributed by atoms with Crippen LogP contribution in [-0.2, 0) is 19.9 Å². The summed E-state index contributed by atoms with van der Waals surface area (Å²) in [5.41, 5.74) is 0. The summed E-state index contributed by atoms with van der Waals surface area (Å²) in [5.74, 6) is -0.726. The van der Waals surface area contributed by atoms with Crippen molar-refractivity contribution in [2.45, 2.75) is 6.42 Å². The molecule has 0 radical (unpaired) electrons. The normalized spacial score (nSPS) is 22.9. The van der Waals surface area contributed by atoms with Gasteiger partial charge >= 0.3 is 0 Å². The summed E-state index contributed by atoms with van der Waals surface area (Å²) in [4.78, 5) is 0. The SMILES string of the molecule is N#CCS(=O)(=O)N1CCCS(=O)(=O)CC1. The van der Waals surface area contributed by atoms with E-state index in [1.165, 1.54) is 0 Å². The van der Waals surface area contributed by atoms with Crippen molar-refractivity contribution in [3.63, 3.8) is 0 Å². The van der Waals surface area contributed by atoms with Gasteiger partial charge in [0.25, 0.3) is 0 Å². The number of nitrogens with zero attached hydrogens (tertiary/aromatic N) is 2. The third-order valence-corrected chi connectivity index (χ3v) is 5.52. The molecule has 8 heteroatoms. The molecule has 86 valence electrons. The molecule has 0 unspecified atom stereocenters. The zero-order valence-electron chi connectivity index (χ0n) is 8.09. The molecule has 0 spiro atoms. The monoisotopic (exact) mass is 252 g/mol. The second-order valence-corrected chi connectivity index (χ2v) is 7.59. The van der Waals surface area contributed by atoms with E-state index < -0.39 is 25.6 Å². The molecule has 0 aromatic heterocycles. The number of hydrogen-bond donors (Lipinski definition) is 0. The summed E-state index contributed by atoms with van der Waals surface area (Å²) in [6.07, 6.45) is 0.299. The van der Waals surface area contributed by atoms with Crippen LogP contribution in [0.5, 0.6) is 0 Å². The maximum absolute atomic E-state index is 11.5. The van der Waals surface area contributed by atoms with Gasteiger partial charge in [-0.3, -0.25) is 0 Å². The summed E-state index contributed by atoms with van der Waals surface area (Å²) in [6, 6.07) is 1.57. The molecule has 0 bridgehead atoms. The van der Waals surface area contributed by atoms with Crippen molar-refractivity contribution >= 4 is 19.9 Å². The lowest BCUT2D eigenvalue weighted by Gasteiger charge is -2.16. The Bertz CT molecular complexity index is 460. The van der Waals surface area contributed by atoms with E-state index in [-0.39, 0.29) is 24.6 Å². The molecule has 1 aliphatic heterocycles. The first kappa shape index (κ1) is 12.4. The summed E-state index contributed by atoms with van der Waals surface area (Å²) < 4.78 is 46.4. The van der Waals surface area contributed by atoms with E-state index in [4.69, 9.17) is 5.26 Å². The van der Waals surface area contributed by atoms with Gasteiger partial charge in [-0.05, 0) is 6.42 Å². The Kier molecular flexibility index (Phi) is 3.70. The predicted octanol–water partition coefficient (Wildman–Crippen LogP) is -1.04. The molecule has 0 saturated carbocycles. The highest BCUT2D eigenvalue weighted by atomic mass is 32.2. The minimum Gasteiger partial charge on any atom is -0.229 e. The van der Waals surface area contributed by atoms with Gasteiger partial charge in [-0.2, -0.15) is 9.57 Å². The molecule has 1 aliphatic rings. The van der Waals surface area contributed by atoms with Crippen LogP contribution in [0.2, 0.25) is 0 Å². The second kappa shape index (κ2) is 4.47. The maximum Gasteiger partial charge on any atom is 0.227 e. The Morgan fingerprint density at radius 1 is 1.27 bits per heavy atom. The molecule has 0 N–H and O–H groups in total. The Hall–Kier alpha value is -0.650. The zero-order chi connectivity index (χ0) is 11.5. The molecular weight excluding hydrogens is 240 g/mol. The quantitative estimate of drug-likeness (QED) is 0.625. The molecule has 0 aliphatic carbocycles. The van der Waals surface area contributed by atoms with Gasteiger partial charge in [0.15, 0.2) is 15.6 Å². The van der Waals surface area contributed by atoms with Crippen LogP contribution < -0.4 is 0 Å². The average Bonchev–Trinajstić information content (AvgIpc) is 2.26. The van der Waals surface area contributed by atoms with Gasteiger partial charge in [-0.25, -0.2) is 16.8 Å². The molecular formula is C7H12N2O4S2. The topological polar surface area (TPSA) is 95.3 Å². The van der Waals surface area contributed by atoms with Gasteiger partial charge in [-0.15, -0.1) is 0 Å². The number of sulfonamides is 1. The van der Waals surface area contributed by atoms with Crippen molar-refractivity contribution in [3.05, 3.63) is 0 Å². The van der Waals surface area contributed by atoms with E-state index in [1.807, 2.05) is 0 Å². The highest BCUT2D eigenvalue weighted by molar-refractivity contribution is 7.91. The number of sulfone groups is 1. The van der Waals surface area contributed by atoms with Crippen LogP contribution in [0.1, 0.15) is 6.42 Å². The van der Waals surface area contributed by atoms with Gasteiger partial charge in [0.05, 0.1) is 17.6 Å². The van der Waals surface area contributed by atoms with Gasteiger partial charge in [-0.1, -0.05) is 0 Å². The van der Waals surface area contributed by atoms with Crippen molar-refractivity contribution in [1.29, 1.82) is 5.26 Å². The van der Waals surface area contributed by atoms with Gasteiger partial charge in [0.1, 0.15) is 0 Å². The van der Waals surface area contributed by atoms with Crippen LogP contribution in [-0.4, -0.2) is 51.5 Å². The van der Waals surface area contributed by atoms with Gasteiger partial charge in [0, 0.05) is 13.1 Å². The van der Waals surface area contributed by atoms with Crippen LogP contribution in [0.4, 0.5) is 0 Å². The van der Waals surface area contributed by atoms with E-state index in [0.717, 1.165) is 4.31 Å². The first-order valence-corrected chi connectivity index (χ1v) is 7.86. The molecule has 1 saturated heterocycles. The van der Waals surface area contributed by atoms with E-state index in [2.05, 4.69) is 0 Å². The first-order valence-electron chi connectivity index (χ1n) is 4.42. The highest BCUT2D eigenvalue weighted by Crippen LogP contribution is 2.09. The largest absolute Gasteiger partial charge is 0.229 e. The molecule has 0 aromatic carbocycles. The van der Waals surface area contributed by atoms with Crippen LogP contribution in [0.25, 0.3) is 0 Å². The molecule has 1 heterocycles. The molecule has 6 nitrogen and oxygen atoms in total. The fraction of sp³-hybridized carbons (Fsp3) is 0.857. The smallest absolute Gasteiger partial charge is 0.227 e. The van der Waals surface area contributed by atoms with Gasteiger partial charge in [0.2, 0.25) is 10.0 Å². The fourth-order valence-corrected chi connectivity index (χ4v) is 3.88. The number of nitriles is 1. The highest BCUT2D eigenvalue weighted by Gasteiger charge is 2.27. The molecule has 1 fully saturated rings. The second-order valence-electron chi connectivity index (χ2n) is 3.32. The van der Waals surface area contributed by atoms with E-state index >= 15 is 0 Å². The third-order valence-electron chi connectivity index (χ3n) is 2.15. The summed E-state index contributed by atoms with van der Waals surface area (Å²) in [7, 11) is -6.72. The standard InChI is InChI=1S/C7H12N2O4S2/c8-2-6-15(12,13)9-3-1-5-14(10,11)7-4-9/h1,3-7H2. The molecule has 0 atom stereocenters. The molecule has 0 amide bonds. The van der Waals surface area contributed by atoms with Crippen molar-refractivity contribution < 1.29 is 16.8 Å². The zero-order valence-corrected chi connectivity index (χ0v) is 9.72. The predicted molar refractivity (Wildman–Crippen MR) is 54.2 cm³/mol. The lowest BCUT2D eigenvalue weighted by atomic mass is 10.5. The lowest BCUT2D eigenvalue weighted by Crippen LogP contribution is -2.35. The first-order chi connectivity index (χ1) is 6.87. The Balaban J connectivity index is 2.79. The van der Waals surface area contributed by atoms with Crippen molar-refractivity contribution in [1.82, 2.24) is 4.31 Å². The fourth-order valence-electron chi connectivity index (χ4n) is 1.37.